The molecule has 3 aliphatic carbocycles. The van der Waals surface area contributed by atoms with E-state index in [9.17, 15) is 34.8 Å². The molecule has 0 heterocycles. The van der Waals surface area contributed by atoms with Gasteiger partial charge in [0.25, 0.3) is 5.91 Å². The second kappa shape index (κ2) is 7.81. The predicted molar refractivity (Wildman–Crippen MR) is 128 cm³/mol. The van der Waals surface area contributed by atoms with E-state index in [4.69, 9.17) is 10.5 Å². The van der Waals surface area contributed by atoms with Gasteiger partial charge >= 0.3 is 0 Å². The van der Waals surface area contributed by atoms with Crippen LogP contribution in [0.3, 0.4) is 0 Å². The topological polar surface area (TPSA) is 171 Å². The van der Waals surface area contributed by atoms with Crippen molar-refractivity contribution in [3.63, 3.8) is 0 Å². The van der Waals surface area contributed by atoms with E-state index in [1.54, 1.807) is 38.4 Å². The molecule has 10 heteroatoms. The summed E-state index contributed by atoms with van der Waals surface area (Å²) in [6.07, 6.45) is 0.257. The molecule has 0 aliphatic heterocycles. The Morgan fingerprint density at radius 1 is 1.17 bits per heavy atom. The third-order valence-corrected chi connectivity index (χ3v) is 7.75. The lowest BCUT2D eigenvalue weighted by atomic mass is 9.58. The van der Waals surface area contributed by atoms with E-state index in [2.05, 4.69) is 0 Å². The second-order valence-electron chi connectivity index (χ2n) is 9.78. The Labute approximate surface area is 205 Å². The quantitative estimate of drug-likeness (QED) is 0.394. The first-order valence-corrected chi connectivity index (χ1v) is 11.4. The fourth-order valence-electron chi connectivity index (χ4n) is 6.19. The lowest BCUT2D eigenvalue weighted by molar-refractivity contribution is -0.148. The van der Waals surface area contributed by atoms with Gasteiger partial charge in [-0.15, -0.1) is 0 Å². The highest BCUT2D eigenvalue weighted by atomic mass is 16.5. The van der Waals surface area contributed by atoms with E-state index in [1.165, 1.54) is 12.0 Å². The minimum atomic E-state index is -2.65. The number of carbonyl (C=O) groups is 3. The van der Waals surface area contributed by atoms with Gasteiger partial charge in [0.2, 0.25) is 5.78 Å². The zero-order valence-corrected chi connectivity index (χ0v) is 19.9. The number of fused-ring (bicyclic) bond motifs is 4. The van der Waals surface area contributed by atoms with Crippen molar-refractivity contribution in [2.45, 2.75) is 24.5 Å². The molecule has 1 amide bonds. The highest BCUT2D eigenvalue weighted by Crippen LogP contribution is 2.53. The van der Waals surface area contributed by atoms with Gasteiger partial charge in [0.05, 0.1) is 18.7 Å². The molecule has 10 nitrogen and oxygen atoms in total. The van der Waals surface area contributed by atoms with Gasteiger partial charge in [-0.2, -0.15) is 0 Å². The Morgan fingerprint density at radius 3 is 2.47 bits per heavy atom. The van der Waals surface area contributed by atoms with Crippen LogP contribution in [0, 0.1) is 11.8 Å². The van der Waals surface area contributed by atoms with Crippen molar-refractivity contribution < 1.29 is 39.5 Å². The number of allylic oxidation sites excluding steroid dienone is 1. The lowest BCUT2D eigenvalue weighted by Gasteiger charge is -2.50. The summed E-state index contributed by atoms with van der Waals surface area (Å²) in [4.78, 5) is 40.6. The molecule has 6 N–H and O–H groups in total. The lowest BCUT2D eigenvalue weighted by Crippen LogP contribution is -2.63. The number of ketones is 2. The minimum absolute atomic E-state index is 0.0310. The van der Waals surface area contributed by atoms with Crippen LogP contribution in [0.4, 0.5) is 0 Å². The summed E-state index contributed by atoms with van der Waals surface area (Å²) in [5.74, 6) is -6.18. The van der Waals surface area contributed by atoms with E-state index >= 15 is 0 Å². The van der Waals surface area contributed by atoms with Gasteiger partial charge in [0.15, 0.2) is 11.4 Å². The Morgan fingerprint density at radius 2 is 1.86 bits per heavy atom. The number of aliphatic hydroxyl groups excluding tert-OH is 2. The summed E-state index contributed by atoms with van der Waals surface area (Å²) in [6, 6.07) is 5.76. The molecule has 0 bridgehead atoms. The highest BCUT2D eigenvalue weighted by Gasteiger charge is 2.63. The molecule has 0 unspecified atom stereocenters. The Hall–Kier alpha value is -3.89. The number of rotatable bonds is 3. The molecular formula is C26H26N2O8. The minimum Gasteiger partial charge on any atom is -0.510 e. The van der Waals surface area contributed by atoms with Crippen LogP contribution >= 0.6 is 0 Å². The van der Waals surface area contributed by atoms with Gasteiger partial charge in [0, 0.05) is 22.3 Å². The van der Waals surface area contributed by atoms with E-state index in [0.29, 0.717) is 22.1 Å². The maximum absolute atomic E-state index is 13.7. The number of phenols is 1. The maximum atomic E-state index is 13.7. The SMILES string of the molecule is COc1cccc2c(O)c3c(cc12)C[C@H]1C[C@H]2[C@H](N(C)C)C(O)=C(C(N)=O)C(=O)[C@@]2(O)C(O)=C1C3=O. The number of hydrogen-bond acceptors (Lipinski definition) is 9. The molecule has 0 fully saturated rings. The summed E-state index contributed by atoms with van der Waals surface area (Å²) in [5.41, 5.74) is 2.17. The number of benzene rings is 2. The summed E-state index contributed by atoms with van der Waals surface area (Å²) >= 11 is 0. The van der Waals surface area contributed by atoms with Crippen molar-refractivity contribution in [3.8, 4) is 11.5 Å². The van der Waals surface area contributed by atoms with E-state index in [-0.39, 0.29) is 29.7 Å². The number of nitrogens with two attached hydrogens (primary N) is 1. The van der Waals surface area contributed by atoms with E-state index < -0.39 is 58.0 Å². The molecule has 2 aromatic rings. The van der Waals surface area contributed by atoms with Crippen molar-refractivity contribution in [1.29, 1.82) is 0 Å². The number of aliphatic hydroxyl groups is 3. The number of phenolic OH excluding ortho intramolecular Hbond substituents is 1. The van der Waals surface area contributed by atoms with Gasteiger partial charge < -0.3 is 30.9 Å². The molecule has 0 radical (unpaired) electrons. The molecule has 188 valence electrons. The smallest absolute Gasteiger partial charge is 0.255 e. The number of Topliss-reactive ketones (excluding diaryl/α,β-unsaturated/α-hetero) is 2. The molecular weight excluding hydrogens is 468 g/mol. The van der Waals surface area contributed by atoms with E-state index in [0.717, 1.165) is 0 Å². The number of amides is 1. The number of nitrogens with zero attached hydrogens (tertiary/aromatic N) is 1. The van der Waals surface area contributed by atoms with Crippen molar-refractivity contribution in [2.24, 2.45) is 17.6 Å². The monoisotopic (exact) mass is 494 g/mol. The van der Waals surface area contributed by atoms with Crippen molar-refractivity contribution in [3.05, 3.63) is 58.1 Å². The summed E-state index contributed by atoms with van der Waals surface area (Å²) in [7, 11) is 4.67. The van der Waals surface area contributed by atoms with E-state index in [1.807, 2.05) is 0 Å². The van der Waals surface area contributed by atoms with Crippen LogP contribution in [-0.2, 0) is 16.0 Å². The van der Waals surface area contributed by atoms with Crippen LogP contribution in [0.5, 0.6) is 11.5 Å². The molecule has 0 saturated heterocycles. The van der Waals surface area contributed by atoms with Crippen LogP contribution in [0.25, 0.3) is 10.8 Å². The normalized spacial score (nSPS) is 27.8. The molecule has 0 saturated carbocycles. The van der Waals surface area contributed by atoms with Gasteiger partial charge in [-0.3, -0.25) is 19.3 Å². The molecule has 0 aromatic heterocycles. The number of aromatic hydroxyl groups is 1. The predicted octanol–water partition coefficient (Wildman–Crippen LogP) is 1.28. The largest absolute Gasteiger partial charge is 0.510 e. The standard InChI is InChI=1S/C26H26N2O8/c1-28(2)19-14-9-11-7-10-8-13-12(5-4-6-15(13)36-3)20(29)16(10)21(30)17(11)23(32)26(14,35)24(33)18(22(19)31)25(27)34/h4-6,8,11,14,19,29,31-32,35H,7,9H2,1-3H3,(H2,27,34)/t11-,14-,19-,26-/m0/s1. The second-order valence-corrected chi connectivity index (χ2v) is 9.78. The molecule has 4 atom stereocenters. The van der Waals surface area contributed by atoms with Crippen LogP contribution < -0.4 is 10.5 Å². The van der Waals surface area contributed by atoms with Crippen molar-refractivity contribution in [1.82, 2.24) is 4.90 Å². The molecule has 0 spiro atoms. The first kappa shape index (κ1) is 23.8. The maximum Gasteiger partial charge on any atom is 0.255 e. The zero-order valence-electron chi connectivity index (χ0n) is 19.9. The van der Waals surface area contributed by atoms with Crippen LogP contribution in [-0.4, -0.2) is 75.6 Å². The molecule has 3 aliphatic rings. The van der Waals surface area contributed by atoms with Crippen LogP contribution in [0.1, 0.15) is 22.3 Å². The summed E-state index contributed by atoms with van der Waals surface area (Å²) in [5, 5.41) is 45.8. The number of hydrogen-bond donors (Lipinski definition) is 5. The van der Waals surface area contributed by atoms with Gasteiger partial charge in [-0.05, 0) is 50.6 Å². The molecule has 2 aromatic carbocycles. The summed E-state index contributed by atoms with van der Waals surface area (Å²) in [6.45, 7) is 0. The summed E-state index contributed by atoms with van der Waals surface area (Å²) < 4.78 is 5.41. The van der Waals surface area contributed by atoms with Gasteiger partial charge in [0.1, 0.15) is 28.6 Å². The van der Waals surface area contributed by atoms with Crippen LogP contribution in [0.15, 0.2) is 46.9 Å². The number of methoxy groups -OCH3 is 1. The third-order valence-electron chi connectivity index (χ3n) is 7.75. The Kier molecular flexibility index (Phi) is 5.17. The van der Waals surface area contributed by atoms with Gasteiger partial charge in [-0.1, -0.05) is 12.1 Å². The zero-order chi connectivity index (χ0) is 26.3. The fraction of sp³-hybridized carbons (Fsp3) is 0.346. The third kappa shape index (κ3) is 2.88. The average molecular weight is 495 g/mol. The Bertz CT molecular complexity index is 1440. The van der Waals surface area contributed by atoms with Crippen molar-refractivity contribution in [2.75, 3.05) is 21.2 Å². The number of primary amides is 1. The first-order valence-electron chi connectivity index (χ1n) is 11.4. The molecule has 36 heavy (non-hydrogen) atoms. The number of likely N-dealkylation sites (N-methyl/N-ethyl adjacent to an activating group) is 1. The van der Waals surface area contributed by atoms with Gasteiger partial charge in [-0.25, -0.2) is 0 Å². The average Bonchev–Trinajstić information content (AvgIpc) is 2.80. The number of ether oxygens (including phenoxy) is 1. The fourth-order valence-corrected chi connectivity index (χ4v) is 6.19. The van der Waals surface area contributed by atoms with Crippen molar-refractivity contribution >= 4 is 28.2 Å². The highest BCUT2D eigenvalue weighted by molar-refractivity contribution is 6.25. The molecule has 5 rings (SSSR count). The van der Waals surface area contributed by atoms with Crippen LogP contribution in [0.2, 0.25) is 0 Å². The first-order chi connectivity index (χ1) is 16.9. The number of carbonyl (C=O) groups excluding carboxylic acids is 3. The Balaban J connectivity index is 1.75.